The summed E-state index contributed by atoms with van der Waals surface area (Å²) in [6.45, 7) is 2.96. The molecule has 0 aromatic heterocycles. The van der Waals surface area contributed by atoms with Crippen molar-refractivity contribution in [2.24, 2.45) is 0 Å². The third-order valence-electron chi connectivity index (χ3n) is 2.13. The molecule has 0 saturated heterocycles. The van der Waals surface area contributed by atoms with Crippen LogP contribution < -0.4 is 5.32 Å². The number of amides is 1. The van der Waals surface area contributed by atoms with Crippen molar-refractivity contribution in [2.75, 3.05) is 0 Å². The summed E-state index contributed by atoms with van der Waals surface area (Å²) >= 11 is 3.15. The van der Waals surface area contributed by atoms with Gasteiger partial charge in [0.1, 0.15) is 5.82 Å². The number of benzene rings is 1. The predicted octanol–water partition coefficient (Wildman–Crippen LogP) is 2.30. The highest BCUT2D eigenvalue weighted by Gasteiger charge is 2.15. The molecular weight excluding hydrogens is 277 g/mol. The summed E-state index contributed by atoms with van der Waals surface area (Å²) < 4.78 is 13.4. The van der Waals surface area contributed by atoms with Crippen molar-refractivity contribution >= 4 is 27.6 Å². The van der Waals surface area contributed by atoms with Crippen LogP contribution in [0, 0.1) is 5.82 Å². The summed E-state index contributed by atoms with van der Waals surface area (Å²) in [7, 11) is 0. The SMILES string of the molecule is CC(=O)C(C)NC(=O)c1cc(F)ccc1Br. The molecule has 1 aromatic carbocycles. The van der Waals surface area contributed by atoms with Gasteiger partial charge in [-0.1, -0.05) is 0 Å². The van der Waals surface area contributed by atoms with Crippen molar-refractivity contribution in [3.05, 3.63) is 34.1 Å². The van der Waals surface area contributed by atoms with Gasteiger partial charge in [-0.25, -0.2) is 4.39 Å². The molecule has 3 nitrogen and oxygen atoms in total. The van der Waals surface area contributed by atoms with Crippen LogP contribution in [0.2, 0.25) is 0 Å². The van der Waals surface area contributed by atoms with Crippen LogP contribution in [0.1, 0.15) is 24.2 Å². The minimum atomic E-state index is -0.581. The lowest BCUT2D eigenvalue weighted by molar-refractivity contribution is -0.118. The molecule has 16 heavy (non-hydrogen) atoms. The van der Waals surface area contributed by atoms with Crippen molar-refractivity contribution in [1.82, 2.24) is 5.32 Å². The lowest BCUT2D eigenvalue weighted by atomic mass is 10.1. The van der Waals surface area contributed by atoms with Gasteiger partial charge in [0.05, 0.1) is 11.6 Å². The van der Waals surface area contributed by atoms with Gasteiger partial charge in [0, 0.05) is 4.47 Å². The molecule has 86 valence electrons. The molecule has 1 rings (SSSR count). The predicted molar refractivity (Wildman–Crippen MR) is 61.7 cm³/mol. The fraction of sp³-hybridized carbons (Fsp3) is 0.273. The second-order valence-electron chi connectivity index (χ2n) is 3.43. The zero-order valence-corrected chi connectivity index (χ0v) is 10.5. The van der Waals surface area contributed by atoms with Crippen LogP contribution in [0.25, 0.3) is 0 Å². The minimum Gasteiger partial charge on any atom is -0.342 e. The normalized spacial score (nSPS) is 12.0. The topological polar surface area (TPSA) is 46.2 Å². The molecule has 1 atom stereocenters. The zero-order chi connectivity index (χ0) is 12.3. The average Bonchev–Trinajstić information content (AvgIpc) is 2.21. The molecule has 1 amide bonds. The van der Waals surface area contributed by atoms with Gasteiger partial charge in [0.15, 0.2) is 5.78 Å². The monoisotopic (exact) mass is 287 g/mol. The van der Waals surface area contributed by atoms with E-state index in [1.165, 1.54) is 19.1 Å². The first-order valence-electron chi connectivity index (χ1n) is 4.68. The number of hydrogen-bond acceptors (Lipinski definition) is 2. The van der Waals surface area contributed by atoms with E-state index in [2.05, 4.69) is 21.2 Å². The van der Waals surface area contributed by atoms with Crippen molar-refractivity contribution in [3.63, 3.8) is 0 Å². The molecule has 1 N–H and O–H groups in total. The van der Waals surface area contributed by atoms with Gasteiger partial charge in [-0.15, -0.1) is 0 Å². The van der Waals surface area contributed by atoms with Crippen LogP contribution in [0.3, 0.4) is 0 Å². The Kier molecular flexibility index (Phi) is 4.18. The number of halogens is 2. The van der Waals surface area contributed by atoms with Gasteiger partial charge in [-0.2, -0.15) is 0 Å². The molecule has 0 aliphatic heterocycles. The van der Waals surface area contributed by atoms with Crippen molar-refractivity contribution in [2.45, 2.75) is 19.9 Å². The quantitative estimate of drug-likeness (QED) is 0.927. The Labute approximate surface area is 101 Å². The van der Waals surface area contributed by atoms with E-state index in [1.54, 1.807) is 6.92 Å². The van der Waals surface area contributed by atoms with E-state index in [0.29, 0.717) is 4.47 Å². The van der Waals surface area contributed by atoms with Gasteiger partial charge in [-0.3, -0.25) is 9.59 Å². The summed E-state index contributed by atoms with van der Waals surface area (Å²) in [5.74, 6) is -1.13. The second-order valence-corrected chi connectivity index (χ2v) is 4.28. The van der Waals surface area contributed by atoms with Gasteiger partial charge in [0.2, 0.25) is 0 Å². The fourth-order valence-corrected chi connectivity index (χ4v) is 1.47. The first kappa shape index (κ1) is 12.8. The van der Waals surface area contributed by atoms with Gasteiger partial charge in [0.25, 0.3) is 5.91 Å². The van der Waals surface area contributed by atoms with E-state index < -0.39 is 17.8 Å². The molecule has 1 unspecified atom stereocenters. The maximum absolute atomic E-state index is 12.9. The van der Waals surface area contributed by atoms with Crippen LogP contribution in [0.15, 0.2) is 22.7 Å². The Bertz CT molecular complexity index is 434. The van der Waals surface area contributed by atoms with Crippen LogP contribution in [-0.2, 0) is 4.79 Å². The lowest BCUT2D eigenvalue weighted by Gasteiger charge is -2.11. The van der Waals surface area contributed by atoms with Gasteiger partial charge < -0.3 is 5.32 Å². The molecule has 5 heteroatoms. The maximum Gasteiger partial charge on any atom is 0.253 e. The molecule has 0 radical (unpaired) electrons. The molecule has 0 bridgehead atoms. The van der Waals surface area contributed by atoms with Crippen LogP contribution in [0.4, 0.5) is 4.39 Å². The molecule has 0 saturated carbocycles. The second kappa shape index (κ2) is 5.21. The third-order valence-corrected chi connectivity index (χ3v) is 2.82. The number of rotatable bonds is 3. The Balaban J connectivity index is 2.88. The van der Waals surface area contributed by atoms with Crippen molar-refractivity contribution in [1.29, 1.82) is 0 Å². The highest BCUT2D eigenvalue weighted by molar-refractivity contribution is 9.10. The first-order valence-corrected chi connectivity index (χ1v) is 5.47. The molecule has 0 heterocycles. The molecule has 0 aliphatic carbocycles. The number of carbonyl (C=O) groups excluding carboxylic acids is 2. The number of ketones is 1. The van der Waals surface area contributed by atoms with Crippen molar-refractivity contribution < 1.29 is 14.0 Å². The van der Waals surface area contributed by atoms with Crippen LogP contribution >= 0.6 is 15.9 Å². The summed E-state index contributed by atoms with van der Waals surface area (Å²) in [5.41, 5.74) is 0.174. The van der Waals surface area contributed by atoms with E-state index >= 15 is 0 Å². The Hall–Kier alpha value is -1.23. The van der Waals surface area contributed by atoms with E-state index in [9.17, 15) is 14.0 Å². The molecule has 0 aliphatic rings. The molecule has 1 aromatic rings. The van der Waals surface area contributed by atoms with E-state index in [-0.39, 0.29) is 11.3 Å². The van der Waals surface area contributed by atoms with Crippen molar-refractivity contribution in [3.8, 4) is 0 Å². The summed E-state index contributed by atoms with van der Waals surface area (Å²) in [5, 5.41) is 2.48. The number of carbonyl (C=O) groups is 2. The summed E-state index contributed by atoms with van der Waals surface area (Å²) in [6.07, 6.45) is 0. The number of nitrogens with one attached hydrogen (secondary N) is 1. The van der Waals surface area contributed by atoms with Gasteiger partial charge >= 0.3 is 0 Å². The summed E-state index contributed by atoms with van der Waals surface area (Å²) in [6, 6.07) is 3.23. The standard InChI is InChI=1S/C11H11BrFNO2/c1-6(7(2)15)14-11(16)9-5-8(13)3-4-10(9)12/h3-6H,1-2H3,(H,14,16). The van der Waals surface area contributed by atoms with Crippen LogP contribution in [-0.4, -0.2) is 17.7 Å². The largest absolute Gasteiger partial charge is 0.342 e. The molecule has 0 fully saturated rings. The smallest absolute Gasteiger partial charge is 0.253 e. The Morgan fingerprint density at radius 2 is 2.06 bits per heavy atom. The number of Topliss-reactive ketones (excluding diaryl/α,β-unsaturated/α-hetero) is 1. The van der Waals surface area contributed by atoms with Gasteiger partial charge in [-0.05, 0) is 48.0 Å². The average molecular weight is 288 g/mol. The lowest BCUT2D eigenvalue weighted by Crippen LogP contribution is -2.37. The third kappa shape index (κ3) is 3.13. The Morgan fingerprint density at radius 1 is 1.44 bits per heavy atom. The highest BCUT2D eigenvalue weighted by atomic mass is 79.9. The van der Waals surface area contributed by atoms with E-state index in [1.807, 2.05) is 0 Å². The molecular formula is C11H11BrFNO2. The number of hydrogen-bond donors (Lipinski definition) is 1. The molecule has 0 spiro atoms. The first-order chi connectivity index (χ1) is 7.41. The minimum absolute atomic E-state index is 0.152. The highest BCUT2D eigenvalue weighted by Crippen LogP contribution is 2.17. The van der Waals surface area contributed by atoms with E-state index in [0.717, 1.165) is 6.07 Å². The maximum atomic E-state index is 12.9. The fourth-order valence-electron chi connectivity index (χ4n) is 1.05. The Morgan fingerprint density at radius 3 is 2.62 bits per heavy atom. The zero-order valence-electron chi connectivity index (χ0n) is 8.88. The summed E-state index contributed by atoms with van der Waals surface area (Å²) in [4.78, 5) is 22.6. The van der Waals surface area contributed by atoms with Crippen LogP contribution in [0.5, 0.6) is 0 Å². The van der Waals surface area contributed by atoms with E-state index in [4.69, 9.17) is 0 Å².